The van der Waals surface area contributed by atoms with Gasteiger partial charge >= 0.3 is 0 Å². The molecule has 4 heteroatoms. The van der Waals surface area contributed by atoms with Gasteiger partial charge in [0.15, 0.2) is 5.75 Å². The van der Waals surface area contributed by atoms with Crippen LogP contribution in [0.3, 0.4) is 0 Å². The van der Waals surface area contributed by atoms with Crippen LogP contribution in [-0.4, -0.2) is 24.5 Å². The molecule has 3 nitrogen and oxygen atoms in total. The number of nitrogens with zero attached hydrogens (tertiary/aromatic N) is 1. The highest BCUT2D eigenvalue weighted by Crippen LogP contribution is 2.23. The second-order valence-corrected chi connectivity index (χ2v) is 5.58. The van der Waals surface area contributed by atoms with E-state index in [4.69, 9.17) is 4.84 Å². The van der Waals surface area contributed by atoms with Crippen molar-refractivity contribution >= 4 is 11.3 Å². The molecule has 0 saturated carbocycles. The van der Waals surface area contributed by atoms with E-state index in [1.807, 2.05) is 0 Å². The van der Waals surface area contributed by atoms with Crippen molar-refractivity contribution in [2.45, 2.75) is 39.2 Å². The van der Waals surface area contributed by atoms with Gasteiger partial charge in [-0.05, 0) is 38.4 Å². The molecule has 17 heavy (non-hydrogen) atoms. The predicted molar refractivity (Wildman–Crippen MR) is 72.4 cm³/mol. The zero-order valence-corrected chi connectivity index (χ0v) is 11.4. The van der Waals surface area contributed by atoms with Crippen LogP contribution in [0.4, 0.5) is 0 Å². The molecule has 0 bridgehead atoms. The zero-order valence-electron chi connectivity index (χ0n) is 10.6. The first-order chi connectivity index (χ1) is 8.38. The number of nitrogens with one attached hydrogen (secondary N) is 1. The third kappa shape index (κ3) is 4.30. The van der Waals surface area contributed by atoms with E-state index in [2.05, 4.69) is 28.8 Å². The van der Waals surface area contributed by atoms with E-state index in [0.29, 0.717) is 0 Å². The molecule has 1 N–H and O–H groups in total. The molecule has 1 aromatic rings. The smallest absolute Gasteiger partial charge is 0.158 e. The molecular weight excluding hydrogens is 232 g/mol. The lowest BCUT2D eigenvalue weighted by Crippen LogP contribution is -2.28. The van der Waals surface area contributed by atoms with Crippen LogP contribution in [0.2, 0.25) is 0 Å². The summed E-state index contributed by atoms with van der Waals surface area (Å²) in [6.45, 7) is 6.62. The van der Waals surface area contributed by atoms with Crippen molar-refractivity contribution in [1.82, 2.24) is 10.4 Å². The fourth-order valence-electron chi connectivity index (χ4n) is 2.07. The molecule has 1 aliphatic heterocycles. The number of hydrogen-bond acceptors (Lipinski definition) is 4. The molecule has 0 amide bonds. The standard InChI is InChI=1S/C13H22N2OS/c1-2-6-14-16-12-9-13(17-11-12)10-15-7-4-3-5-8-15/h9,11,14H,2-8,10H2,1H3. The van der Waals surface area contributed by atoms with E-state index in [0.717, 1.165) is 25.3 Å². The highest BCUT2D eigenvalue weighted by molar-refractivity contribution is 7.10. The highest BCUT2D eigenvalue weighted by atomic mass is 32.1. The van der Waals surface area contributed by atoms with Gasteiger partial charge in [0.1, 0.15) is 0 Å². The summed E-state index contributed by atoms with van der Waals surface area (Å²) in [5.41, 5.74) is 2.96. The molecule has 0 radical (unpaired) electrons. The monoisotopic (exact) mass is 254 g/mol. The summed E-state index contributed by atoms with van der Waals surface area (Å²) in [5.74, 6) is 0.954. The Morgan fingerprint density at radius 2 is 2.18 bits per heavy atom. The first kappa shape index (κ1) is 12.9. The van der Waals surface area contributed by atoms with Crippen LogP contribution in [0.15, 0.2) is 11.4 Å². The first-order valence-corrected chi connectivity index (χ1v) is 7.46. The number of rotatable bonds is 6. The minimum absolute atomic E-state index is 0.900. The van der Waals surface area contributed by atoms with Gasteiger partial charge in [-0.1, -0.05) is 13.3 Å². The van der Waals surface area contributed by atoms with Gasteiger partial charge in [-0.2, -0.15) is 5.48 Å². The summed E-state index contributed by atoms with van der Waals surface area (Å²) >= 11 is 1.79. The van der Waals surface area contributed by atoms with Gasteiger partial charge in [-0.15, -0.1) is 11.3 Å². The molecule has 2 heterocycles. The van der Waals surface area contributed by atoms with E-state index in [1.54, 1.807) is 11.3 Å². The number of hydrogen-bond donors (Lipinski definition) is 1. The summed E-state index contributed by atoms with van der Waals surface area (Å²) in [7, 11) is 0. The Kier molecular flexibility index (Phi) is 5.29. The molecule has 0 unspecified atom stereocenters. The van der Waals surface area contributed by atoms with Gasteiger partial charge in [-0.25, -0.2) is 0 Å². The van der Waals surface area contributed by atoms with Crippen molar-refractivity contribution in [2.75, 3.05) is 19.6 Å². The van der Waals surface area contributed by atoms with Gasteiger partial charge in [-0.3, -0.25) is 4.90 Å². The molecule has 0 spiro atoms. The predicted octanol–water partition coefficient (Wildman–Crippen LogP) is 3.03. The number of hydroxylamine groups is 1. The minimum atomic E-state index is 0.900. The normalized spacial score (nSPS) is 17.2. The van der Waals surface area contributed by atoms with E-state index in [1.165, 1.54) is 37.2 Å². The minimum Gasteiger partial charge on any atom is -0.408 e. The van der Waals surface area contributed by atoms with Crippen molar-refractivity contribution in [3.8, 4) is 5.75 Å². The Hall–Kier alpha value is -0.580. The molecular formula is C13H22N2OS. The fraction of sp³-hybridized carbons (Fsp3) is 0.692. The quantitative estimate of drug-likeness (QED) is 0.624. The van der Waals surface area contributed by atoms with E-state index < -0.39 is 0 Å². The van der Waals surface area contributed by atoms with Gasteiger partial charge in [0, 0.05) is 23.3 Å². The lowest BCUT2D eigenvalue weighted by atomic mass is 10.1. The maximum atomic E-state index is 5.46. The molecule has 1 fully saturated rings. The number of likely N-dealkylation sites (tertiary alicyclic amines) is 1. The SMILES string of the molecule is CCCNOc1csc(CN2CCCCC2)c1. The molecule has 1 aliphatic rings. The molecule has 0 atom stereocenters. The van der Waals surface area contributed by atoms with Gasteiger partial charge in [0.25, 0.3) is 0 Å². The third-order valence-corrected chi connectivity index (χ3v) is 3.90. The summed E-state index contributed by atoms with van der Waals surface area (Å²) < 4.78 is 0. The Balaban J connectivity index is 1.76. The summed E-state index contributed by atoms with van der Waals surface area (Å²) in [5, 5.41) is 2.09. The third-order valence-electron chi connectivity index (χ3n) is 3.00. The molecule has 2 rings (SSSR count). The average Bonchev–Trinajstić information content (AvgIpc) is 2.79. The van der Waals surface area contributed by atoms with Crippen molar-refractivity contribution in [1.29, 1.82) is 0 Å². The summed E-state index contributed by atoms with van der Waals surface area (Å²) in [4.78, 5) is 9.40. The van der Waals surface area contributed by atoms with Crippen molar-refractivity contribution in [3.63, 3.8) is 0 Å². The van der Waals surface area contributed by atoms with E-state index >= 15 is 0 Å². The molecule has 1 aromatic heterocycles. The second-order valence-electron chi connectivity index (χ2n) is 4.58. The Morgan fingerprint density at radius 3 is 2.94 bits per heavy atom. The van der Waals surface area contributed by atoms with Gasteiger partial charge < -0.3 is 4.84 Å². The van der Waals surface area contributed by atoms with E-state index in [-0.39, 0.29) is 0 Å². The maximum Gasteiger partial charge on any atom is 0.158 e. The van der Waals surface area contributed by atoms with Gasteiger partial charge in [0.2, 0.25) is 0 Å². The van der Waals surface area contributed by atoms with Crippen molar-refractivity contribution in [2.24, 2.45) is 0 Å². The van der Waals surface area contributed by atoms with Crippen LogP contribution < -0.4 is 10.3 Å². The molecule has 96 valence electrons. The average molecular weight is 254 g/mol. The van der Waals surface area contributed by atoms with Crippen LogP contribution in [0.1, 0.15) is 37.5 Å². The van der Waals surface area contributed by atoms with E-state index in [9.17, 15) is 0 Å². The Bertz CT molecular complexity index is 321. The second kappa shape index (κ2) is 6.99. The van der Waals surface area contributed by atoms with Crippen LogP contribution in [0, 0.1) is 0 Å². The van der Waals surface area contributed by atoms with Crippen LogP contribution in [-0.2, 0) is 6.54 Å². The molecule has 0 aromatic carbocycles. The van der Waals surface area contributed by atoms with Crippen molar-refractivity contribution < 1.29 is 4.84 Å². The summed E-state index contributed by atoms with van der Waals surface area (Å²) in [6, 6.07) is 2.15. The first-order valence-electron chi connectivity index (χ1n) is 6.58. The zero-order chi connectivity index (χ0) is 11.9. The lowest BCUT2D eigenvalue weighted by Gasteiger charge is -2.25. The van der Waals surface area contributed by atoms with Crippen LogP contribution >= 0.6 is 11.3 Å². The number of piperidine rings is 1. The number of thiophene rings is 1. The van der Waals surface area contributed by atoms with Crippen molar-refractivity contribution in [3.05, 3.63) is 16.3 Å². The Labute approximate surface area is 108 Å². The summed E-state index contributed by atoms with van der Waals surface area (Å²) in [6.07, 6.45) is 5.20. The topological polar surface area (TPSA) is 24.5 Å². The fourth-order valence-corrected chi connectivity index (χ4v) is 2.90. The van der Waals surface area contributed by atoms with Crippen LogP contribution in [0.5, 0.6) is 5.75 Å². The lowest BCUT2D eigenvalue weighted by molar-refractivity contribution is 0.196. The highest BCUT2D eigenvalue weighted by Gasteiger charge is 2.11. The van der Waals surface area contributed by atoms with Gasteiger partial charge in [0.05, 0.1) is 0 Å². The largest absolute Gasteiger partial charge is 0.408 e. The Morgan fingerprint density at radius 1 is 1.35 bits per heavy atom. The van der Waals surface area contributed by atoms with Crippen LogP contribution in [0.25, 0.3) is 0 Å². The molecule has 1 saturated heterocycles. The maximum absolute atomic E-state index is 5.46. The molecule has 0 aliphatic carbocycles.